The normalized spacial score (nSPS) is 11.4. The molecule has 0 aromatic carbocycles. The van der Waals surface area contributed by atoms with Crippen molar-refractivity contribution in [2.24, 2.45) is 11.3 Å². The van der Waals surface area contributed by atoms with Crippen molar-refractivity contribution >= 4 is 12.6 Å². The van der Waals surface area contributed by atoms with Gasteiger partial charge in [-0.1, -0.05) is 19.4 Å². The third-order valence-electron chi connectivity index (χ3n) is 2.50. The van der Waals surface area contributed by atoms with Crippen molar-refractivity contribution in [2.45, 2.75) is 33.6 Å². The Balaban J connectivity index is 4.48. The van der Waals surface area contributed by atoms with E-state index in [1.807, 2.05) is 20.8 Å². The quantitative estimate of drug-likeness (QED) is 0.359. The van der Waals surface area contributed by atoms with Crippen molar-refractivity contribution < 1.29 is 9.59 Å². The Kier molecular flexibility index (Phi) is 4.60. The van der Waals surface area contributed by atoms with Crippen LogP contribution in [0.5, 0.6) is 0 Å². The van der Waals surface area contributed by atoms with Crippen LogP contribution in [0.3, 0.4) is 0 Å². The van der Waals surface area contributed by atoms with E-state index in [0.717, 1.165) is 24.6 Å². The van der Waals surface area contributed by atoms with Gasteiger partial charge >= 0.3 is 0 Å². The number of carbonyl (C=O) groups is 2. The van der Waals surface area contributed by atoms with Crippen LogP contribution < -0.4 is 0 Å². The highest BCUT2D eigenvalue weighted by Gasteiger charge is 2.32. The minimum atomic E-state index is -0.807. The van der Waals surface area contributed by atoms with Crippen molar-refractivity contribution in [1.29, 1.82) is 0 Å². The molecule has 0 aliphatic carbocycles. The first-order valence-corrected chi connectivity index (χ1v) is 4.55. The second-order valence-electron chi connectivity index (χ2n) is 3.96. The lowest BCUT2D eigenvalue weighted by Gasteiger charge is -2.25. The molecule has 0 radical (unpaired) electrons. The van der Waals surface area contributed by atoms with Gasteiger partial charge in [-0.3, -0.25) is 0 Å². The van der Waals surface area contributed by atoms with Gasteiger partial charge in [0.05, 0.1) is 5.41 Å². The van der Waals surface area contributed by atoms with E-state index < -0.39 is 5.41 Å². The summed E-state index contributed by atoms with van der Waals surface area (Å²) in [5.74, 6) is 0.0573. The molecule has 0 heterocycles. The number of aldehydes is 2. The number of hydrogen-bond donors (Lipinski definition) is 0. The molecule has 0 rings (SSSR count). The van der Waals surface area contributed by atoms with E-state index in [4.69, 9.17) is 0 Å². The Bertz CT molecular complexity index is 196. The Morgan fingerprint density at radius 1 is 1.38 bits per heavy atom. The smallest absolute Gasteiger partial charge is 0.133 e. The van der Waals surface area contributed by atoms with E-state index in [1.54, 1.807) is 0 Å². The van der Waals surface area contributed by atoms with Crippen LogP contribution >= 0.6 is 0 Å². The molecule has 0 amide bonds. The van der Waals surface area contributed by atoms with Crippen LogP contribution in [0.15, 0.2) is 12.2 Å². The second-order valence-corrected chi connectivity index (χ2v) is 3.96. The molecule has 0 fully saturated rings. The molecule has 0 saturated heterocycles. The predicted molar refractivity (Wildman–Crippen MR) is 53.4 cm³/mol. The first-order valence-electron chi connectivity index (χ1n) is 4.55. The maximum atomic E-state index is 10.9. The van der Waals surface area contributed by atoms with Gasteiger partial charge in [0.1, 0.15) is 12.6 Å². The zero-order chi connectivity index (χ0) is 10.5. The highest BCUT2D eigenvalue weighted by molar-refractivity contribution is 5.83. The van der Waals surface area contributed by atoms with Crippen molar-refractivity contribution in [1.82, 2.24) is 0 Å². The summed E-state index contributed by atoms with van der Waals surface area (Å²) >= 11 is 0. The van der Waals surface area contributed by atoms with Gasteiger partial charge in [0.15, 0.2) is 0 Å². The molecule has 0 unspecified atom stereocenters. The topological polar surface area (TPSA) is 34.1 Å². The van der Waals surface area contributed by atoms with Gasteiger partial charge in [0.2, 0.25) is 0 Å². The predicted octanol–water partition coefficient (Wildman–Crippen LogP) is 2.38. The molecule has 0 aromatic rings. The molecule has 13 heavy (non-hydrogen) atoms. The van der Waals surface area contributed by atoms with Crippen LogP contribution in [0.25, 0.3) is 0 Å². The molecular formula is C11H18O2. The van der Waals surface area contributed by atoms with Crippen LogP contribution in [0.2, 0.25) is 0 Å². The standard InChI is InChI=1S/C11H18O2/c1-9(2)5-6-11(7-12,8-13)10(3)4/h7-8,10H,1,5-6H2,2-4H3. The van der Waals surface area contributed by atoms with Crippen molar-refractivity contribution in [3.63, 3.8) is 0 Å². The first-order chi connectivity index (χ1) is 5.98. The second kappa shape index (κ2) is 4.95. The molecule has 0 aliphatic rings. The Labute approximate surface area is 80.0 Å². The summed E-state index contributed by atoms with van der Waals surface area (Å²) in [7, 11) is 0. The average molecular weight is 182 g/mol. The highest BCUT2D eigenvalue weighted by Crippen LogP contribution is 2.29. The molecule has 0 spiro atoms. The Morgan fingerprint density at radius 2 is 1.85 bits per heavy atom. The largest absolute Gasteiger partial charge is 0.302 e. The molecule has 0 bridgehead atoms. The maximum absolute atomic E-state index is 10.9. The molecule has 2 nitrogen and oxygen atoms in total. The van der Waals surface area contributed by atoms with E-state index in [2.05, 4.69) is 6.58 Å². The molecule has 0 saturated carbocycles. The molecule has 0 N–H and O–H groups in total. The van der Waals surface area contributed by atoms with Gasteiger partial charge in [0.25, 0.3) is 0 Å². The summed E-state index contributed by atoms with van der Waals surface area (Å²) in [5.41, 5.74) is 0.201. The van der Waals surface area contributed by atoms with Gasteiger partial charge in [-0.05, 0) is 25.7 Å². The maximum Gasteiger partial charge on any atom is 0.133 e. The third kappa shape index (κ3) is 3.13. The number of rotatable bonds is 6. The summed E-state index contributed by atoms with van der Waals surface area (Å²) in [6.45, 7) is 9.44. The van der Waals surface area contributed by atoms with E-state index in [0.29, 0.717) is 6.42 Å². The SMILES string of the molecule is C=C(C)CCC(C=O)(C=O)C(C)C. The zero-order valence-electron chi connectivity index (χ0n) is 8.67. The van der Waals surface area contributed by atoms with Crippen molar-refractivity contribution in [3.05, 3.63) is 12.2 Å². The van der Waals surface area contributed by atoms with Crippen LogP contribution in [0, 0.1) is 11.3 Å². The summed E-state index contributed by atoms with van der Waals surface area (Å²) < 4.78 is 0. The average Bonchev–Trinajstić information content (AvgIpc) is 2.06. The molecule has 0 atom stereocenters. The van der Waals surface area contributed by atoms with Gasteiger partial charge in [-0.2, -0.15) is 0 Å². The van der Waals surface area contributed by atoms with Gasteiger partial charge in [0, 0.05) is 0 Å². The summed E-state index contributed by atoms with van der Waals surface area (Å²) in [4.78, 5) is 21.7. The van der Waals surface area contributed by atoms with E-state index in [1.165, 1.54) is 0 Å². The fraction of sp³-hybridized carbons (Fsp3) is 0.636. The lowest BCUT2D eigenvalue weighted by Crippen LogP contribution is -2.30. The summed E-state index contributed by atoms with van der Waals surface area (Å²) in [6, 6.07) is 0. The van der Waals surface area contributed by atoms with Crippen LogP contribution in [0.4, 0.5) is 0 Å². The number of carbonyl (C=O) groups excluding carboxylic acids is 2. The van der Waals surface area contributed by atoms with Crippen LogP contribution in [-0.4, -0.2) is 12.6 Å². The molecule has 2 heteroatoms. The van der Waals surface area contributed by atoms with Crippen molar-refractivity contribution in [2.75, 3.05) is 0 Å². The highest BCUT2D eigenvalue weighted by atomic mass is 16.1. The fourth-order valence-corrected chi connectivity index (χ4v) is 1.14. The van der Waals surface area contributed by atoms with E-state index in [-0.39, 0.29) is 5.92 Å². The minimum Gasteiger partial charge on any atom is -0.302 e. The lowest BCUT2D eigenvalue weighted by atomic mass is 9.76. The van der Waals surface area contributed by atoms with E-state index >= 15 is 0 Å². The monoisotopic (exact) mass is 182 g/mol. The van der Waals surface area contributed by atoms with Crippen LogP contribution in [0.1, 0.15) is 33.6 Å². The fourth-order valence-electron chi connectivity index (χ4n) is 1.14. The Hall–Kier alpha value is -0.920. The van der Waals surface area contributed by atoms with Crippen LogP contribution in [-0.2, 0) is 9.59 Å². The zero-order valence-corrected chi connectivity index (χ0v) is 8.67. The molecule has 0 aliphatic heterocycles. The van der Waals surface area contributed by atoms with Gasteiger partial charge in [-0.25, -0.2) is 0 Å². The number of hydrogen-bond acceptors (Lipinski definition) is 2. The summed E-state index contributed by atoms with van der Waals surface area (Å²) in [5, 5.41) is 0. The van der Waals surface area contributed by atoms with Gasteiger partial charge in [-0.15, -0.1) is 6.58 Å². The molecular weight excluding hydrogens is 164 g/mol. The number of allylic oxidation sites excluding steroid dienone is 1. The lowest BCUT2D eigenvalue weighted by molar-refractivity contribution is -0.129. The third-order valence-corrected chi connectivity index (χ3v) is 2.50. The molecule has 74 valence electrons. The Morgan fingerprint density at radius 3 is 2.08 bits per heavy atom. The minimum absolute atomic E-state index is 0.0573. The molecule has 0 aromatic heterocycles. The van der Waals surface area contributed by atoms with E-state index in [9.17, 15) is 9.59 Å². The summed E-state index contributed by atoms with van der Waals surface area (Å²) in [6.07, 6.45) is 2.85. The van der Waals surface area contributed by atoms with Gasteiger partial charge < -0.3 is 9.59 Å². The first kappa shape index (κ1) is 12.1. The van der Waals surface area contributed by atoms with Crippen molar-refractivity contribution in [3.8, 4) is 0 Å².